The Kier molecular flexibility index (Phi) is 13.0. The van der Waals surface area contributed by atoms with E-state index in [0.29, 0.717) is 6.42 Å². The Morgan fingerprint density at radius 3 is 1.59 bits per heavy atom. The van der Waals surface area contributed by atoms with Crippen molar-refractivity contribution >= 4 is 5.97 Å². The predicted molar refractivity (Wildman–Crippen MR) is 158 cm³/mol. The molecule has 2 heteroatoms. The minimum atomic E-state index is -0.233. The molecule has 0 aliphatic heterocycles. The van der Waals surface area contributed by atoms with E-state index in [4.69, 9.17) is 4.74 Å². The van der Waals surface area contributed by atoms with Gasteiger partial charge in [-0.2, -0.15) is 0 Å². The van der Waals surface area contributed by atoms with Crippen LogP contribution in [0.2, 0.25) is 0 Å². The van der Waals surface area contributed by atoms with E-state index in [0.717, 1.165) is 18.4 Å². The van der Waals surface area contributed by atoms with Gasteiger partial charge in [0.1, 0.15) is 6.10 Å². The summed E-state index contributed by atoms with van der Waals surface area (Å²) >= 11 is 0. The number of carbonyl (C=O) groups excluding carboxylic acids is 1. The van der Waals surface area contributed by atoms with Gasteiger partial charge in [-0.15, -0.1) is 0 Å². The van der Waals surface area contributed by atoms with E-state index in [1.54, 1.807) is 0 Å². The fraction of sp³-hybridized carbons (Fsp3) is 0.457. The van der Waals surface area contributed by atoms with Crippen LogP contribution >= 0.6 is 0 Å². The second-order valence-corrected chi connectivity index (χ2v) is 10.3. The summed E-state index contributed by atoms with van der Waals surface area (Å²) in [5, 5.41) is 0. The van der Waals surface area contributed by atoms with Gasteiger partial charge in [-0.1, -0.05) is 156 Å². The number of benzene rings is 3. The second kappa shape index (κ2) is 16.8. The number of esters is 1. The van der Waals surface area contributed by atoms with E-state index in [2.05, 4.69) is 79.7 Å². The van der Waals surface area contributed by atoms with Gasteiger partial charge < -0.3 is 4.74 Å². The molecule has 0 aliphatic carbocycles. The molecule has 0 spiro atoms. The summed E-state index contributed by atoms with van der Waals surface area (Å²) in [5.74, 6) is -0.0851. The van der Waals surface area contributed by atoms with Crippen molar-refractivity contribution in [2.75, 3.05) is 0 Å². The van der Waals surface area contributed by atoms with Crippen LogP contribution in [0, 0.1) is 0 Å². The smallest absolute Gasteiger partial charge is 0.306 e. The van der Waals surface area contributed by atoms with Gasteiger partial charge >= 0.3 is 5.97 Å². The molecule has 2 nitrogen and oxygen atoms in total. The fourth-order valence-electron chi connectivity index (χ4n) is 4.97. The highest BCUT2D eigenvalue weighted by atomic mass is 16.5. The zero-order chi connectivity index (χ0) is 26.1. The Hall–Kier alpha value is -2.87. The summed E-state index contributed by atoms with van der Waals surface area (Å²) < 4.78 is 5.74. The molecule has 3 aromatic rings. The minimum absolute atomic E-state index is 0.0851. The van der Waals surface area contributed by atoms with Crippen molar-refractivity contribution in [2.45, 2.75) is 103 Å². The van der Waals surface area contributed by atoms with E-state index >= 15 is 0 Å². The van der Waals surface area contributed by atoms with E-state index in [1.165, 1.54) is 86.5 Å². The number of ether oxygens (including phenoxy) is 1. The Morgan fingerprint density at radius 2 is 1.05 bits per heavy atom. The van der Waals surface area contributed by atoms with Crippen LogP contribution in [0.4, 0.5) is 0 Å². The van der Waals surface area contributed by atoms with Crippen LogP contribution in [0.15, 0.2) is 78.9 Å². The number of carbonyl (C=O) groups is 1. The maximum Gasteiger partial charge on any atom is 0.306 e. The molecule has 37 heavy (non-hydrogen) atoms. The molecule has 0 saturated carbocycles. The summed E-state index contributed by atoms with van der Waals surface area (Å²) in [4.78, 5) is 12.4. The molecule has 0 amide bonds. The molecular formula is C35H46O2. The van der Waals surface area contributed by atoms with E-state index in [-0.39, 0.29) is 12.1 Å². The van der Waals surface area contributed by atoms with Gasteiger partial charge in [0.05, 0.1) is 0 Å². The largest absolute Gasteiger partial charge is 0.458 e. The average Bonchev–Trinajstić information content (AvgIpc) is 2.94. The third kappa shape index (κ3) is 10.2. The van der Waals surface area contributed by atoms with Gasteiger partial charge in [0, 0.05) is 6.42 Å². The predicted octanol–water partition coefficient (Wildman–Crippen LogP) is 10.7. The molecule has 0 heterocycles. The van der Waals surface area contributed by atoms with Crippen molar-refractivity contribution < 1.29 is 9.53 Å². The molecule has 3 rings (SSSR count). The monoisotopic (exact) mass is 498 g/mol. The molecule has 0 N–H and O–H groups in total. The first-order valence-corrected chi connectivity index (χ1v) is 14.6. The fourth-order valence-corrected chi connectivity index (χ4v) is 4.97. The molecule has 0 radical (unpaired) electrons. The topological polar surface area (TPSA) is 26.3 Å². The lowest BCUT2D eigenvalue weighted by Gasteiger charge is -2.15. The molecule has 0 aliphatic rings. The van der Waals surface area contributed by atoms with Crippen molar-refractivity contribution in [3.63, 3.8) is 0 Å². The minimum Gasteiger partial charge on any atom is -0.458 e. The Balaban J connectivity index is 1.35. The third-order valence-electron chi connectivity index (χ3n) is 7.25. The highest BCUT2D eigenvalue weighted by Crippen LogP contribution is 2.32. The first kappa shape index (κ1) is 28.7. The lowest BCUT2D eigenvalue weighted by molar-refractivity contribution is -0.148. The Labute approximate surface area is 225 Å². The van der Waals surface area contributed by atoms with Crippen LogP contribution in [-0.4, -0.2) is 5.97 Å². The summed E-state index contributed by atoms with van der Waals surface area (Å²) in [6, 6.07) is 27.4. The summed E-state index contributed by atoms with van der Waals surface area (Å²) in [5.41, 5.74) is 5.83. The van der Waals surface area contributed by atoms with Gasteiger partial charge in [0.15, 0.2) is 0 Å². The van der Waals surface area contributed by atoms with Crippen LogP contribution < -0.4 is 0 Å². The SMILES string of the molecule is CCCCCCCCCCCCCCC(=O)OC(C)c1ccc(-c2ccccc2-c2ccccc2)cc1. The van der Waals surface area contributed by atoms with Crippen LogP contribution in [-0.2, 0) is 9.53 Å². The van der Waals surface area contributed by atoms with Crippen molar-refractivity contribution in [1.82, 2.24) is 0 Å². The quantitative estimate of drug-likeness (QED) is 0.137. The molecule has 1 unspecified atom stereocenters. The van der Waals surface area contributed by atoms with Crippen LogP contribution in [0.5, 0.6) is 0 Å². The molecule has 0 fully saturated rings. The van der Waals surface area contributed by atoms with Crippen molar-refractivity contribution in [3.05, 3.63) is 84.4 Å². The number of unbranched alkanes of at least 4 members (excludes halogenated alkanes) is 11. The first-order chi connectivity index (χ1) is 18.2. The van der Waals surface area contributed by atoms with E-state index < -0.39 is 0 Å². The van der Waals surface area contributed by atoms with Crippen LogP contribution in [0.25, 0.3) is 22.3 Å². The van der Waals surface area contributed by atoms with Crippen LogP contribution in [0.3, 0.4) is 0 Å². The summed E-state index contributed by atoms with van der Waals surface area (Å²) in [6.45, 7) is 4.24. The molecule has 1 atom stereocenters. The van der Waals surface area contributed by atoms with Crippen molar-refractivity contribution in [3.8, 4) is 22.3 Å². The third-order valence-corrected chi connectivity index (χ3v) is 7.25. The average molecular weight is 499 g/mol. The molecule has 0 bridgehead atoms. The lowest BCUT2D eigenvalue weighted by Crippen LogP contribution is -2.08. The van der Waals surface area contributed by atoms with Gasteiger partial charge in [-0.3, -0.25) is 4.79 Å². The molecular weight excluding hydrogens is 452 g/mol. The molecule has 0 aromatic heterocycles. The first-order valence-electron chi connectivity index (χ1n) is 14.6. The van der Waals surface area contributed by atoms with Crippen molar-refractivity contribution in [2.24, 2.45) is 0 Å². The van der Waals surface area contributed by atoms with Gasteiger partial charge in [0.25, 0.3) is 0 Å². The highest BCUT2D eigenvalue weighted by molar-refractivity contribution is 5.83. The number of rotatable bonds is 17. The zero-order valence-electron chi connectivity index (χ0n) is 23.1. The van der Waals surface area contributed by atoms with Gasteiger partial charge in [-0.25, -0.2) is 0 Å². The summed E-state index contributed by atoms with van der Waals surface area (Å²) in [6.07, 6.45) is 15.8. The Morgan fingerprint density at radius 1 is 0.595 bits per heavy atom. The van der Waals surface area contributed by atoms with E-state index in [9.17, 15) is 4.79 Å². The maximum absolute atomic E-state index is 12.4. The Bertz CT molecular complexity index is 1020. The van der Waals surface area contributed by atoms with Crippen LogP contribution in [0.1, 0.15) is 109 Å². The maximum atomic E-state index is 12.4. The highest BCUT2D eigenvalue weighted by Gasteiger charge is 2.13. The van der Waals surface area contributed by atoms with E-state index in [1.807, 2.05) is 13.0 Å². The number of hydrogen-bond acceptors (Lipinski definition) is 2. The van der Waals surface area contributed by atoms with Crippen molar-refractivity contribution in [1.29, 1.82) is 0 Å². The zero-order valence-corrected chi connectivity index (χ0v) is 23.1. The molecule has 198 valence electrons. The number of hydrogen-bond donors (Lipinski definition) is 0. The standard InChI is InChI=1S/C35H46O2/c1-3-4-5-6-7-8-9-10-11-12-13-17-24-35(36)37-29(2)30-25-27-32(28-26-30)34-23-19-18-22-33(34)31-20-15-14-16-21-31/h14-16,18-23,25-29H,3-13,17,24H2,1-2H3. The van der Waals surface area contributed by atoms with Gasteiger partial charge in [0.2, 0.25) is 0 Å². The lowest BCUT2D eigenvalue weighted by atomic mass is 9.94. The summed E-state index contributed by atoms with van der Waals surface area (Å²) in [7, 11) is 0. The second-order valence-electron chi connectivity index (χ2n) is 10.3. The molecule has 3 aromatic carbocycles. The molecule has 0 saturated heterocycles. The van der Waals surface area contributed by atoms with Gasteiger partial charge in [-0.05, 0) is 41.2 Å². The normalized spacial score (nSPS) is 11.8.